The zero-order chi connectivity index (χ0) is 11.8. The van der Waals surface area contributed by atoms with Crippen LogP contribution in [0.4, 0.5) is 0 Å². The van der Waals surface area contributed by atoms with Crippen LogP contribution in [0.15, 0.2) is 36.2 Å². The molecule has 5 nitrogen and oxygen atoms in total. The van der Waals surface area contributed by atoms with Gasteiger partial charge in [-0.25, -0.2) is 0 Å². The number of carbonyl (C=O) groups excluding carboxylic acids is 1. The van der Waals surface area contributed by atoms with E-state index in [2.05, 4.69) is 5.48 Å². The fraction of sp³-hybridized carbons (Fsp3) is 0.182. The molecule has 1 aliphatic heterocycles. The van der Waals surface area contributed by atoms with Crippen molar-refractivity contribution in [1.29, 1.82) is 0 Å². The number of hydroxylamine groups is 1. The number of primary amides is 1. The van der Waals surface area contributed by atoms with Crippen molar-refractivity contribution >= 4 is 11.5 Å². The summed E-state index contributed by atoms with van der Waals surface area (Å²) in [5.74, 6) is -0.362. The first-order valence-corrected chi connectivity index (χ1v) is 4.85. The number of benzene rings is 1. The van der Waals surface area contributed by atoms with E-state index >= 15 is 0 Å². The molecular weight excluding hydrogens is 206 g/mol. The molecule has 1 amide bonds. The van der Waals surface area contributed by atoms with Crippen LogP contribution in [-0.4, -0.2) is 11.4 Å². The summed E-state index contributed by atoms with van der Waals surface area (Å²) in [6, 6.07) is 9.29. The molecule has 0 radical (unpaired) electrons. The second-order valence-corrected chi connectivity index (χ2v) is 3.80. The summed E-state index contributed by atoms with van der Waals surface area (Å²) in [5, 5.41) is 0. The summed E-state index contributed by atoms with van der Waals surface area (Å²) >= 11 is 0. The van der Waals surface area contributed by atoms with Crippen molar-refractivity contribution in [2.75, 3.05) is 0 Å². The van der Waals surface area contributed by atoms with Gasteiger partial charge in [-0.05, 0) is 12.5 Å². The van der Waals surface area contributed by atoms with Gasteiger partial charge in [0.1, 0.15) is 0 Å². The minimum absolute atomic E-state index is 0.174. The zero-order valence-electron chi connectivity index (χ0n) is 8.86. The molecule has 1 heterocycles. The van der Waals surface area contributed by atoms with Gasteiger partial charge in [0.05, 0.1) is 5.57 Å². The molecule has 1 aromatic carbocycles. The fourth-order valence-corrected chi connectivity index (χ4v) is 1.71. The third-order valence-corrected chi connectivity index (χ3v) is 2.67. The summed E-state index contributed by atoms with van der Waals surface area (Å²) in [4.78, 5) is 16.4. The molecule has 84 valence electrons. The molecule has 1 aliphatic rings. The number of carbonyl (C=O) groups is 1. The van der Waals surface area contributed by atoms with Gasteiger partial charge in [0.2, 0.25) is 11.8 Å². The third-order valence-electron chi connectivity index (χ3n) is 2.67. The van der Waals surface area contributed by atoms with Crippen LogP contribution in [0, 0.1) is 0 Å². The van der Waals surface area contributed by atoms with Crippen molar-refractivity contribution in [3.8, 4) is 0 Å². The van der Waals surface area contributed by atoms with E-state index in [1.165, 1.54) is 0 Å². The predicted octanol–water partition coefficient (Wildman–Crippen LogP) is 0.0927. The van der Waals surface area contributed by atoms with Crippen LogP contribution in [0.3, 0.4) is 0 Å². The Morgan fingerprint density at radius 2 is 2.00 bits per heavy atom. The number of hydrogen-bond acceptors (Lipinski definition) is 4. The first-order chi connectivity index (χ1) is 7.55. The molecule has 2 rings (SSSR count). The molecule has 0 aromatic heterocycles. The molecule has 5 N–H and O–H groups in total. The Hall–Kier alpha value is -2.01. The maximum atomic E-state index is 11.4. The molecule has 1 atom stereocenters. The fourth-order valence-electron chi connectivity index (χ4n) is 1.71. The van der Waals surface area contributed by atoms with E-state index in [4.69, 9.17) is 16.3 Å². The standard InChI is InChI=1S/C11H13N3O2/c1-11(10(13)15)8(9(12)16-14-11)7-5-3-2-4-6-7/h2-6,14H,12H2,1H3,(H2,13,15). The lowest BCUT2D eigenvalue weighted by molar-refractivity contribution is -0.124. The van der Waals surface area contributed by atoms with Crippen molar-refractivity contribution in [2.24, 2.45) is 11.5 Å². The highest BCUT2D eigenvalue weighted by Crippen LogP contribution is 2.33. The van der Waals surface area contributed by atoms with E-state index in [1.54, 1.807) is 6.92 Å². The average Bonchev–Trinajstić information content (AvgIpc) is 2.57. The number of amides is 1. The summed E-state index contributed by atoms with van der Waals surface area (Å²) in [7, 11) is 0. The van der Waals surface area contributed by atoms with Crippen molar-refractivity contribution in [3.05, 3.63) is 41.8 Å². The Bertz CT molecular complexity index is 456. The number of hydrogen-bond donors (Lipinski definition) is 3. The van der Waals surface area contributed by atoms with Crippen molar-refractivity contribution < 1.29 is 9.63 Å². The van der Waals surface area contributed by atoms with Gasteiger partial charge in [-0.15, -0.1) is 5.48 Å². The van der Waals surface area contributed by atoms with Crippen LogP contribution < -0.4 is 16.9 Å². The first kappa shape index (κ1) is 10.5. The molecule has 0 saturated heterocycles. The van der Waals surface area contributed by atoms with E-state index < -0.39 is 11.4 Å². The second-order valence-electron chi connectivity index (χ2n) is 3.80. The molecule has 0 saturated carbocycles. The summed E-state index contributed by atoms with van der Waals surface area (Å²) in [6.07, 6.45) is 0. The minimum Gasteiger partial charge on any atom is -0.389 e. The summed E-state index contributed by atoms with van der Waals surface area (Å²) in [5.41, 5.74) is 13.9. The number of rotatable bonds is 2. The summed E-state index contributed by atoms with van der Waals surface area (Å²) < 4.78 is 0. The van der Waals surface area contributed by atoms with Crippen LogP contribution in [0.5, 0.6) is 0 Å². The van der Waals surface area contributed by atoms with Gasteiger partial charge in [-0.2, -0.15) is 0 Å². The van der Waals surface area contributed by atoms with Gasteiger partial charge in [-0.3, -0.25) is 4.79 Å². The van der Waals surface area contributed by atoms with E-state index in [0.717, 1.165) is 5.56 Å². The van der Waals surface area contributed by atoms with E-state index in [9.17, 15) is 4.79 Å². The Morgan fingerprint density at radius 1 is 1.38 bits per heavy atom. The van der Waals surface area contributed by atoms with Gasteiger partial charge in [0.25, 0.3) is 0 Å². The molecule has 5 heteroatoms. The lowest BCUT2D eigenvalue weighted by Crippen LogP contribution is -2.50. The van der Waals surface area contributed by atoms with Crippen LogP contribution in [-0.2, 0) is 9.63 Å². The van der Waals surface area contributed by atoms with Crippen LogP contribution in [0.2, 0.25) is 0 Å². The SMILES string of the molecule is CC1(C(N)=O)NOC(N)=C1c1ccccc1. The highest BCUT2D eigenvalue weighted by atomic mass is 16.7. The maximum absolute atomic E-state index is 11.4. The van der Waals surface area contributed by atoms with Crippen molar-refractivity contribution in [3.63, 3.8) is 0 Å². The first-order valence-electron chi connectivity index (χ1n) is 4.85. The monoisotopic (exact) mass is 219 g/mol. The lowest BCUT2D eigenvalue weighted by atomic mass is 9.87. The van der Waals surface area contributed by atoms with E-state index in [-0.39, 0.29) is 5.88 Å². The largest absolute Gasteiger partial charge is 0.389 e. The topological polar surface area (TPSA) is 90.4 Å². The van der Waals surface area contributed by atoms with Crippen LogP contribution >= 0.6 is 0 Å². The van der Waals surface area contributed by atoms with Gasteiger partial charge < -0.3 is 16.3 Å². The van der Waals surface area contributed by atoms with Crippen LogP contribution in [0.1, 0.15) is 12.5 Å². The van der Waals surface area contributed by atoms with Gasteiger partial charge in [-0.1, -0.05) is 30.3 Å². The van der Waals surface area contributed by atoms with Crippen molar-refractivity contribution in [1.82, 2.24) is 5.48 Å². The van der Waals surface area contributed by atoms with E-state index in [1.807, 2.05) is 30.3 Å². The normalized spacial score (nSPS) is 24.3. The molecule has 0 bridgehead atoms. The van der Waals surface area contributed by atoms with Gasteiger partial charge in [0, 0.05) is 0 Å². The Balaban J connectivity index is 2.53. The summed E-state index contributed by atoms with van der Waals surface area (Å²) in [6.45, 7) is 1.64. The molecule has 1 unspecified atom stereocenters. The zero-order valence-corrected chi connectivity index (χ0v) is 8.86. The molecule has 1 aromatic rings. The average molecular weight is 219 g/mol. The number of nitrogens with two attached hydrogens (primary N) is 2. The Kier molecular flexibility index (Phi) is 2.32. The van der Waals surface area contributed by atoms with Gasteiger partial charge in [0.15, 0.2) is 5.54 Å². The lowest BCUT2D eigenvalue weighted by Gasteiger charge is -2.21. The molecule has 0 fully saturated rings. The Morgan fingerprint density at radius 3 is 2.56 bits per heavy atom. The Labute approximate surface area is 93.0 Å². The smallest absolute Gasteiger partial charge is 0.245 e. The van der Waals surface area contributed by atoms with Crippen LogP contribution in [0.25, 0.3) is 5.57 Å². The quantitative estimate of drug-likeness (QED) is 0.657. The highest BCUT2D eigenvalue weighted by molar-refractivity contribution is 6.00. The third kappa shape index (κ3) is 1.42. The maximum Gasteiger partial charge on any atom is 0.245 e. The van der Waals surface area contributed by atoms with E-state index in [0.29, 0.717) is 5.57 Å². The second kappa shape index (κ2) is 3.53. The molecule has 0 spiro atoms. The molecular formula is C11H13N3O2. The minimum atomic E-state index is -1.09. The van der Waals surface area contributed by atoms with Gasteiger partial charge >= 0.3 is 0 Å². The highest BCUT2D eigenvalue weighted by Gasteiger charge is 2.44. The molecule has 16 heavy (non-hydrogen) atoms. The van der Waals surface area contributed by atoms with Crippen molar-refractivity contribution in [2.45, 2.75) is 12.5 Å². The molecule has 0 aliphatic carbocycles. The predicted molar refractivity (Wildman–Crippen MR) is 59.4 cm³/mol. The number of nitrogens with one attached hydrogen (secondary N) is 1.